The van der Waals surface area contributed by atoms with E-state index in [1.54, 1.807) is 0 Å². The van der Waals surface area contributed by atoms with E-state index in [0.717, 1.165) is 13.1 Å². The molecule has 1 heteroatoms. The normalized spacial score (nSPS) is 10.4. The van der Waals surface area contributed by atoms with Crippen molar-refractivity contribution in [1.82, 2.24) is 0 Å². The molecule has 0 fully saturated rings. The fourth-order valence-electron chi connectivity index (χ4n) is 2.42. The highest BCUT2D eigenvalue weighted by Crippen LogP contribution is 2.23. The number of hydrogen-bond donors (Lipinski definition) is 0. The fraction of sp³-hybridized carbons (Fsp3) is 0.333. The number of benzene rings is 2. The molecule has 0 radical (unpaired) electrons. The Hall–Kier alpha value is -2.02. The number of hydrogen-bond acceptors (Lipinski definition) is 1. The first kappa shape index (κ1) is 16.4. The predicted molar refractivity (Wildman–Crippen MR) is 99.8 cm³/mol. The molecule has 2 aromatic rings. The van der Waals surface area contributed by atoms with Gasteiger partial charge in [-0.1, -0.05) is 53.1 Å². The lowest BCUT2D eigenvalue weighted by atomic mass is 10.1. The topological polar surface area (TPSA) is 3.24 Å². The van der Waals surface area contributed by atoms with Crippen LogP contribution in [0.3, 0.4) is 0 Å². The standard InChI is InChI=1S/C21H27N/c1-16(2)10-12-22(13-11-17(3)4)21-9-8-19-14-18(5)6-7-20(19)15-21/h6-11,14-15H,12-13H2,1-5H3. The molecule has 0 aliphatic heterocycles. The number of aryl methyl sites for hydroxylation is 1. The lowest BCUT2D eigenvalue weighted by Crippen LogP contribution is -2.23. The predicted octanol–water partition coefficient (Wildman–Crippen LogP) is 5.89. The maximum absolute atomic E-state index is 2.42. The van der Waals surface area contributed by atoms with Gasteiger partial charge in [0.2, 0.25) is 0 Å². The molecule has 22 heavy (non-hydrogen) atoms. The number of fused-ring (bicyclic) bond motifs is 1. The van der Waals surface area contributed by atoms with Crippen molar-refractivity contribution in [1.29, 1.82) is 0 Å². The van der Waals surface area contributed by atoms with E-state index in [2.05, 4.69) is 88.1 Å². The quantitative estimate of drug-likeness (QED) is 0.621. The monoisotopic (exact) mass is 293 g/mol. The molecule has 1 nitrogen and oxygen atoms in total. The molecule has 0 spiro atoms. The Kier molecular flexibility index (Phi) is 5.43. The second kappa shape index (κ2) is 7.31. The Bertz CT molecular complexity index is 679. The number of rotatable bonds is 5. The minimum atomic E-state index is 0.948. The Morgan fingerprint density at radius 3 is 1.95 bits per heavy atom. The number of nitrogens with zero attached hydrogens (tertiary/aromatic N) is 1. The van der Waals surface area contributed by atoms with Crippen LogP contribution in [0.15, 0.2) is 59.7 Å². The summed E-state index contributed by atoms with van der Waals surface area (Å²) in [6.07, 6.45) is 4.58. The second-order valence-electron chi connectivity index (χ2n) is 6.50. The van der Waals surface area contributed by atoms with Crippen molar-refractivity contribution in [2.45, 2.75) is 34.6 Å². The summed E-state index contributed by atoms with van der Waals surface area (Å²) in [4.78, 5) is 2.42. The molecule has 2 rings (SSSR count). The molecule has 2 aromatic carbocycles. The molecule has 0 aliphatic rings. The van der Waals surface area contributed by atoms with Crippen molar-refractivity contribution in [3.63, 3.8) is 0 Å². The highest BCUT2D eigenvalue weighted by molar-refractivity contribution is 5.86. The van der Waals surface area contributed by atoms with Crippen LogP contribution in [0.5, 0.6) is 0 Å². The molecule has 0 atom stereocenters. The van der Waals surface area contributed by atoms with E-state index >= 15 is 0 Å². The summed E-state index contributed by atoms with van der Waals surface area (Å²) in [5, 5.41) is 2.62. The summed E-state index contributed by atoms with van der Waals surface area (Å²) in [5.41, 5.74) is 5.31. The van der Waals surface area contributed by atoms with E-state index in [1.165, 1.54) is 33.2 Å². The maximum Gasteiger partial charge on any atom is 0.0378 e. The average Bonchev–Trinajstić information content (AvgIpc) is 2.46. The van der Waals surface area contributed by atoms with Crippen molar-refractivity contribution in [2.24, 2.45) is 0 Å². The van der Waals surface area contributed by atoms with Gasteiger partial charge in [0.25, 0.3) is 0 Å². The smallest absolute Gasteiger partial charge is 0.0378 e. The molecule has 0 aliphatic carbocycles. The van der Waals surface area contributed by atoms with Crippen LogP contribution in [0.25, 0.3) is 10.8 Å². The van der Waals surface area contributed by atoms with E-state index < -0.39 is 0 Å². The van der Waals surface area contributed by atoms with Crippen LogP contribution in [0.2, 0.25) is 0 Å². The maximum atomic E-state index is 2.42. The molecular formula is C21H27N. The summed E-state index contributed by atoms with van der Waals surface area (Å²) in [6.45, 7) is 12.7. The first-order valence-electron chi connectivity index (χ1n) is 7.98. The minimum absolute atomic E-state index is 0.948. The molecular weight excluding hydrogens is 266 g/mol. The lowest BCUT2D eigenvalue weighted by Gasteiger charge is -2.23. The van der Waals surface area contributed by atoms with Gasteiger partial charge in [0.05, 0.1) is 0 Å². The Labute approximate surface area is 135 Å². The highest BCUT2D eigenvalue weighted by Gasteiger charge is 2.05. The van der Waals surface area contributed by atoms with E-state index in [9.17, 15) is 0 Å². The van der Waals surface area contributed by atoms with Crippen molar-refractivity contribution in [3.05, 3.63) is 65.3 Å². The van der Waals surface area contributed by atoms with Gasteiger partial charge in [0.15, 0.2) is 0 Å². The van der Waals surface area contributed by atoms with E-state index in [0.29, 0.717) is 0 Å². The van der Waals surface area contributed by atoms with E-state index in [1.807, 2.05) is 0 Å². The molecule has 0 heterocycles. The second-order valence-corrected chi connectivity index (χ2v) is 6.50. The van der Waals surface area contributed by atoms with Crippen LogP contribution in [0.4, 0.5) is 5.69 Å². The summed E-state index contributed by atoms with van der Waals surface area (Å²) >= 11 is 0. The van der Waals surface area contributed by atoms with Gasteiger partial charge in [0.1, 0.15) is 0 Å². The molecule has 0 saturated carbocycles. The summed E-state index contributed by atoms with van der Waals surface area (Å²) in [7, 11) is 0. The summed E-state index contributed by atoms with van der Waals surface area (Å²) in [6, 6.07) is 13.4. The van der Waals surface area contributed by atoms with Crippen molar-refractivity contribution in [2.75, 3.05) is 18.0 Å². The zero-order valence-electron chi connectivity index (χ0n) is 14.5. The van der Waals surface area contributed by atoms with Crippen LogP contribution in [0, 0.1) is 6.92 Å². The molecule has 116 valence electrons. The molecule has 0 amide bonds. The molecule has 0 aromatic heterocycles. The molecule has 0 saturated heterocycles. The first-order valence-corrected chi connectivity index (χ1v) is 7.98. The van der Waals surface area contributed by atoms with Gasteiger partial charge in [-0.15, -0.1) is 0 Å². The Morgan fingerprint density at radius 2 is 1.36 bits per heavy atom. The number of allylic oxidation sites excluding steroid dienone is 2. The third kappa shape index (κ3) is 4.49. The third-order valence-corrected chi connectivity index (χ3v) is 3.78. The van der Waals surface area contributed by atoms with Crippen molar-refractivity contribution < 1.29 is 0 Å². The Balaban J connectivity index is 2.34. The van der Waals surface area contributed by atoms with Crippen LogP contribution in [0.1, 0.15) is 33.3 Å². The van der Waals surface area contributed by atoms with Gasteiger partial charge >= 0.3 is 0 Å². The lowest BCUT2D eigenvalue weighted by molar-refractivity contribution is 0.942. The van der Waals surface area contributed by atoms with Gasteiger partial charge in [-0.3, -0.25) is 0 Å². The first-order chi connectivity index (χ1) is 10.5. The largest absolute Gasteiger partial charge is 0.364 e. The van der Waals surface area contributed by atoms with Gasteiger partial charge in [-0.25, -0.2) is 0 Å². The van der Waals surface area contributed by atoms with Crippen molar-refractivity contribution >= 4 is 16.5 Å². The molecule has 0 bridgehead atoms. The summed E-state index contributed by atoms with van der Waals surface area (Å²) < 4.78 is 0. The van der Waals surface area contributed by atoms with E-state index in [-0.39, 0.29) is 0 Å². The highest BCUT2D eigenvalue weighted by atomic mass is 15.1. The van der Waals surface area contributed by atoms with Crippen LogP contribution < -0.4 is 4.90 Å². The zero-order chi connectivity index (χ0) is 16.1. The average molecular weight is 293 g/mol. The van der Waals surface area contributed by atoms with Gasteiger partial charge in [-0.2, -0.15) is 0 Å². The van der Waals surface area contributed by atoms with Crippen LogP contribution in [-0.2, 0) is 0 Å². The molecule has 0 unspecified atom stereocenters. The number of anilines is 1. The van der Waals surface area contributed by atoms with Gasteiger partial charge in [-0.05, 0) is 57.5 Å². The SMILES string of the molecule is CC(C)=CCN(CC=C(C)C)c1ccc2cc(C)ccc2c1. The van der Waals surface area contributed by atoms with Crippen LogP contribution in [-0.4, -0.2) is 13.1 Å². The van der Waals surface area contributed by atoms with Crippen LogP contribution >= 0.6 is 0 Å². The van der Waals surface area contributed by atoms with Gasteiger partial charge < -0.3 is 4.90 Å². The minimum Gasteiger partial charge on any atom is -0.364 e. The van der Waals surface area contributed by atoms with E-state index in [4.69, 9.17) is 0 Å². The van der Waals surface area contributed by atoms with Crippen molar-refractivity contribution in [3.8, 4) is 0 Å². The molecule has 0 N–H and O–H groups in total. The third-order valence-electron chi connectivity index (χ3n) is 3.78. The summed E-state index contributed by atoms with van der Waals surface area (Å²) in [5.74, 6) is 0. The fourth-order valence-corrected chi connectivity index (χ4v) is 2.42. The van der Waals surface area contributed by atoms with Gasteiger partial charge in [0, 0.05) is 18.8 Å². The zero-order valence-corrected chi connectivity index (χ0v) is 14.5. The Morgan fingerprint density at radius 1 is 0.818 bits per heavy atom.